The molecular weight excluding hydrogens is 539 g/mol. The van der Waals surface area contributed by atoms with Crippen molar-refractivity contribution in [3.05, 3.63) is 82.5 Å². The lowest BCUT2D eigenvalue weighted by molar-refractivity contribution is -0.150. The van der Waals surface area contributed by atoms with E-state index in [1.54, 1.807) is 35.3 Å². The van der Waals surface area contributed by atoms with Crippen molar-refractivity contribution in [2.24, 2.45) is 5.92 Å². The lowest BCUT2D eigenvalue weighted by Crippen LogP contribution is -2.19. The molecule has 1 aromatic carbocycles. The molecule has 0 radical (unpaired) electrons. The van der Waals surface area contributed by atoms with Gasteiger partial charge in [-0.3, -0.25) is 14.8 Å². The molecule has 0 unspecified atom stereocenters. The van der Waals surface area contributed by atoms with Crippen molar-refractivity contribution in [1.82, 2.24) is 14.5 Å². The van der Waals surface area contributed by atoms with Gasteiger partial charge in [0.25, 0.3) is 0 Å². The summed E-state index contributed by atoms with van der Waals surface area (Å²) in [6.45, 7) is -2.69. The number of alkyl halides is 2. The molecule has 198 valence electrons. The second kappa shape index (κ2) is 11.5. The van der Waals surface area contributed by atoms with Crippen molar-refractivity contribution in [2.45, 2.75) is 38.5 Å². The van der Waals surface area contributed by atoms with E-state index in [1.165, 1.54) is 18.5 Å². The van der Waals surface area contributed by atoms with Crippen LogP contribution in [0.4, 0.5) is 8.78 Å². The summed E-state index contributed by atoms with van der Waals surface area (Å²) in [4.78, 5) is 21.2. The SMILES string of the molecule is O=C(Cn1ccc2cnccc21)O[C@@H](Cc1c(Cl)cncc1Cl)c1ccc(OC(F)F)c(OCC2CC2)c1. The maximum absolute atomic E-state index is 13.1. The fourth-order valence-electron chi connectivity index (χ4n) is 4.08. The van der Waals surface area contributed by atoms with Crippen molar-refractivity contribution in [3.8, 4) is 11.5 Å². The Bertz CT molecular complexity index is 1420. The van der Waals surface area contributed by atoms with E-state index in [0.29, 0.717) is 33.7 Å². The molecule has 3 aromatic heterocycles. The Morgan fingerprint density at radius 1 is 1.05 bits per heavy atom. The first-order valence-electron chi connectivity index (χ1n) is 11.9. The second-order valence-corrected chi connectivity index (χ2v) is 9.80. The van der Waals surface area contributed by atoms with E-state index in [9.17, 15) is 13.6 Å². The fraction of sp³-hybridized carbons (Fsp3) is 0.296. The summed E-state index contributed by atoms with van der Waals surface area (Å²) in [6, 6.07) is 8.15. The summed E-state index contributed by atoms with van der Waals surface area (Å²) in [5.74, 6) is -0.0832. The van der Waals surface area contributed by atoms with Crippen LogP contribution in [0.15, 0.2) is 61.3 Å². The van der Waals surface area contributed by atoms with Crippen molar-refractivity contribution < 1.29 is 27.8 Å². The van der Waals surface area contributed by atoms with E-state index in [2.05, 4.69) is 14.7 Å². The van der Waals surface area contributed by atoms with Crippen molar-refractivity contribution in [2.75, 3.05) is 6.61 Å². The minimum Gasteiger partial charge on any atom is -0.489 e. The minimum absolute atomic E-state index is 0.0561. The molecule has 0 N–H and O–H groups in total. The monoisotopic (exact) mass is 561 g/mol. The summed E-state index contributed by atoms with van der Waals surface area (Å²) in [5.41, 5.74) is 1.88. The molecule has 38 heavy (non-hydrogen) atoms. The number of aromatic nitrogens is 3. The van der Waals surface area contributed by atoms with Crippen molar-refractivity contribution >= 4 is 40.1 Å². The van der Waals surface area contributed by atoms with Gasteiger partial charge in [0.2, 0.25) is 0 Å². The Morgan fingerprint density at radius 3 is 2.58 bits per heavy atom. The number of fused-ring (bicyclic) bond motifs is 1. The van der Waals surface area contributed by atoms with Gasteiger partial charge in [0.15, 0.2) is 11.5 Å². The Labute approximate surface area is 227 Å². The van der Waals surface area contributed by atoms with E-state index in [0.717, 1.165) is 23.7 Å². The first kappa shape index (κ1) is 26.2. The molecule has 1 fully saturated rings. The zero-order chi connectivity index (χ0) is 26.6. The number of esters is 1. The van der Waals surface area contributed by atoms with Crippen molar-refractivity contribution in [1.29, 1.82) is 0 Å². The van der Waals surface area contributed by atoms with Crippen LogP contribution < -0.4 is 9.47 Å². The summed E-state index contributed by atoms with van der Waals surface area (Å²) < 4.78 is 44.2. The average Bonchev–Trinajstić information content (AvgIpc) is 3.64. The molecule has 0 aliphatic heterocycles. The van der Waals surface area contributed by atoms with Crippen LogP contribution in [0.1, 0.15) is 30.1 Å². The largest absolute Gasteiger partial charge is 0.489 e. The van der Waals surface area contributed by atoms with Crippen LogP contribution >= 0.6 is 23.2 Å². The topological polar surface area (TPSA) is 75.5 Å². The van der Waals surface area contributed by atoms with E-state index >= 15 is 0 Å². The number of carbonyl (C=O) groups is 1. The number of ether oxygens (including phenoxy) is 3. The third kappa shape index (κ3) is 6.34. The normalized spacial score (nSPS) is 14.0. The quantitative estimate of drug-likeness (QED) is 0.191. The molecule has 1 aliphatic rings. The molecule has 4 aromatic rings. The van der Waals surface area contributed by atoms with Crippen LogP contribution in [0.25, 0.3) is 10.9 Å². The summed E-state index contributed by atoms with van der Waals surface area (Å²) in [7, 11) is 0. The predicted molar refractivity (Wildman–Crippen MR) is 138 cm³/mol. The fourth-order valence-corrected chi connectivity index (χ4v) is 4.60. The zero-order valence-corrected chi connectivity index (χ0v) is 21.5. The number of hydrogen-bond acceptors (Lipinski definition) is 6. The molecule has 1 aliphatic carbocycles. The summed E-state index contributed by atoms with van der Waals surface area (Å²) >= 11 is 12.7. The second-order valence-electron chi connectivity index (χ2n) is 8.98. The van der Waals surface area contributed by atoms with Gasteiger partial charge in [0.05, 0.1) is 22.2 Å². The Balaban J connectivity index is 1.44. The van der Waals surface area contributed by atoms with Gasteiger partial charge in [-0.05, 0) is 54.2 Å². The highest BCUT2D eigenvalue weighted by atomic mass is 35.5. The van der Waals surface area contributed by atoms with Crippen LogP contribution in [0.5, 0.6) is 11.5 Å². The molecule has 0 bridgehead atoms. The number of nitrogens with zero attached hydrogens (tertiary/aromatic N) is 3. The van der Waals surface area contributed by atoms with Gasteiger partial charge in [-0.1, -0.05) is 29.3 Å². The van der Waals surface area contributed by atoms with Crippen LogP contribution in [-0.4, -0.2) is 33.7 Å². The molecule has 11 heteroatoms. The molecule has 7 nitrogen and oxygen atoms in total. The number of halogens is 4. The average molecular weight is 562 g/mol. The smallest absolute Gasteiger partial charge is 0.387 e. The minimum atomic E-state index is -3.02. The van der Waals surface area contributed by atoms with Crippen LogP contribution in [0.3, 0.4) is 0 Å². The highest BCUT2D eigenvalue weighted by Gasteiger charge is 2.26. The van der Waals surface area contributed by atoms with Gasteiger partial charge in [-0.15, -0.1) is 0 Å². The number of hydrogen-bond donors (Lipinski definition) is 0. The predicted octanol–water partition coefficient (Wildman–Crippen LogP) is 6.66. The first-order valence-corrected chi connectivity index (χ1v) is 12.7. The first-order chi connectivity index (χ1) is 18.4. The highest BCUT2D eigenvalue weighted by molar-refractivity contribution is 6.35. The van der Waals surface area contributed by atoms with E-state index in [-0.39, 0.29) is 24.5 Å². The Hall–Kier alpha value is -3.43. The van der Waals surface area contributed by atoms with Gasteiger partial charge in [0, 0.05) is 42.8 Å². The zero-order valence-electron chi connectivity index (χ0n) is 20.0. The standard InChI is InChI=1S/C27H23Cl2F2N3O4/c28-20-12-33-13-21(29)19(20)10-24(37-26(35)14-34-8-6-18-11-32-7-5-22(18)34)17-3-4-23(38-27(30)31)25(9-17)36-15-16-1-2-16/h3-9,11-13,16,24,27H,1-2,10,14-15H2/t24-/m0/s1. The number of carbonyl (C=O) groups excluding carboxylic acids is 1. The van der Waals surface area contributed by atoms with Crippen LogP contribution in [0, 0.1) is 5.92 Å². The van der Waals surface area contributed by atoms with E-state index in [1.807, 2.05) is 12.1 Å². The van der Waals surface area contributed by atoms with Gasteiger partial charge in [-0.2, -0.15) is 8.78 Å². The maximum atomic E-state index is 13.1. The Kier molecular flexibility index (Phi) is 7.95. The molecule has 5 rings (SSSR count). The summed E-state index contributed by atoms with van der Waals surface area (Å²) in [6.07, 6.45) is 9.34. The molecule has 1 saturated carbocycles. The van der Waals surface area contributed by atoms with Gasteiger partial charge < -0.3 is 18.8 Å². The summed E-state index contributed by atoms with van der Waals surface area (Å²) in [5, 5.41) is 1.51. The number of rotatable bonds is 11. The van der Waals surface area contributed by atoms with E-state index in [4.69, 9.17) is 32.7 Å². The number of pyridine rings is 2. The molecule has 3 heterocycles. The van der Waals surface area contributed by atoms with Gasteiger partial charge >= 0.3 is 12.6 Å². The number of benzene rings is 1. The molecule has 0 spiro atoms. The lowest BCUT2D eigenvalue weighted by atomic mass is 10.0. The van der Waals surface area contributed by atoms with Gasteiger partial charge in [-0.25, -0.2) is 0 Å². The maximum Gasteiger partial charge on any atom is 0.387 e. The molecular formula is C27H23Cl2F2N3O4. The molecule has 1 atom stereocenters. The highest BCUT2D eigenvalue weighted by Crippen LogP contribution is 2.38. The Morgan fingerprint density at radius 2 is 1.84 bits per heavy atom. The third-order valence-corrected chi connectivity index (χ3v) is 6.86. The molecule has 0 amide bonds. The third-order valence-electron chi connectivity index (χ3n) is 6.21. The lowest BCUT2D eigenvalue weighted by Gasteiger charge is -2.22. The molecule has 0 saturated heterocycles. The van der Waals surface area contributed by atoms with E-state index < -0.39 is 18.7 Å². The van der Waals surface area contributed by atoms with Crippen LogP contribution in [0.2, 0.25) is 10.0 Å². The van der Waals surface area contributed by atoms with Crippen LogP contribution in [-0.2, 0) is 22.5 Å². The van der Waals surface area contributed by atoms with Crippen molar-refractivity contribution in [3.63, 3.8) is 0 Å². The van der Waals surface area contributed by atoms with Gasteiger partial charge in [0.1, 0.15) is 12.6 Å².